The third-order valence-corrected chi connectivity index (χ3v) is 5.59. The minimum atomic E-state index is -1.67. The van der Waals surface area contributed by atoms with E-state index in [-0.39, 0.29) is 56.5 Å². The van der Waals surface area contributed by atoms with Gasteiger partial charge in [-0.15, -0.1) is 0 Å². The number of hydrogen-bond acceptors (Lipinski definition) is 7. The molecule has 3 aliphatic rings. The van der Waals surface area contributed by atoms with Gasteiger partial charge in [0.2, 0.25) is 5.96 Å². The number of guanidine groups is 1. The normalized spacial score (nSPS) is 20.3. The van der Waals surface area contributed by atoms with Crippen molar-refractivity contribution in [1.82, 2.24) is 20.0 Å². The molecule has 0 radical (unpaired) electrons. The van der Waals surface area contributed by atoms with Crippen molar-refractivity contribution in [1.29, 1.82) is 0 Å². The number of rotatable bonds is 5. The molecule has 1 aromatic rings. The largest absolute Gasteiger partial charge is 0.491 e. The molecule has 1 aromatic carbocycles. The second-order valence-corrected chi connectivity index (χ2v) is 7.80. The van der Waals surface area contributed by atoms with Crippen molar-refractivity contribution >= 4 is 12.0 Å². The van der Waals surface area contributed by atoms with Gasteiger partial charge >= 0.3 is 6.03 Å². The molecule has 1 saturated heterocycles. The Kier molecular flexibility index (Phi) is 5.71. The van der Waals surface area contributed by atoms with Crippen molar-refractivity contribution in [2.75, 3.05) is 47.1 Å². The van der Waals surface area contributed by atoms with Crippen LogP contribution in [0.15, 0.2) is 29.1 Å². The lowest BCUT2D eigenvalue weighted by molar-refractivity contribution is -0.0186. The zero-order valence-corrected chi connectivity index (χ0v) is 17.4. The van der Waals surface area contributed by atoms with E-state index < -0.39 is 17.2 Å². The van der Waals surface area contributed by atoms with Crippen molar-refractivity contribution < 1.29 is 28.2 Å². The zero-order valence-electron chi connectivity index (χ0n) is 17.4. The Morgan fingerprint density at radius 3 is 2.55 bits per heavy atom. The van der Waals surface area contributed by atoms with Gasteiger partial charge in [-0.2, -0.15) is 4.99 Å². The van der Waals surface area contributed by atoms with E-state index in [2.05, 4.69) is 10.3 Å². The lowest BCUT2D eigenvalue weighted by Crippen LogP contribution is -2.55. The maximum absolute atomic E-state index is 14.7. The van der Waals surface area contributed by atoms with Crippen LogP contribution in [0, 0.1) is 11.6 Å². The monoisotopic (exact) mass is 437 g/mol. The lowest BCUT2D eigenvalue weighted by Gasteiger charge is -2.40. The number of likely N-dealkylation sites (tertiary alicyclic amines) is 1. The van der Waals surface area contributed by atoms with Crippen LogP contribution in [0.1, 0.15) is 18.4 Å². The summed E-state index contributed by atoms with van der Waals surface area (Å²) < 4.78 is 39.5. The molecule has 1 fully saturated rings. The summed E-state index contributed by atoms with van der Waals surface area (Å²) in [4.78, 5) is 21.9. The van der Waals surface area contributed by atoms with E-state index in [9.17, 15) is 18.7 Å². The molecule has 2 N–H and O–H groups in total. The molecule has 31 heavy (non-hydrogen) atoms. The summed E-state index contributed by atoms with van der Waals surface area (Å²) in [7, 11) is 3.34. The van der Waals surface area contributed by atoms with Gasteiger partial charge in [0, 0.05) is 45.6 Å². The average Bonchev–Trinajstić information content (AvgIpc) is 3.09. The number of fused-ring (bicyclic) bond motifs is 1. The molecule has 0 atom stereocenters. The Morgan fingerprint density at radius 2 is 1.90 bits per heavy atom. The molecule has 0 spiro atoms. The Bertz CT molecular complexity index is 907. The van der Waals surface area contributed by atoms with Crippen LogP contribution < -0.4 is 10.1 Å². The second kappa shape index (κ2) is 8.31. The van der Waals surface area contributed by atoms with Crippen LogP contribution in [0.2, 0.25) is 0 Å². The highest BCUT2D eigenvalue weighted by molar-refractivity contribution is 5.99. The molecule has 4 rings (SSSR count). The third-order valence-electron chi connectivity index (χ3n) is 5.59. The number of nitrogens with zero attached hydrogens (tertiary/aromatic N) is 4. The number of piperidine rings is 1. The first-order chi connectivity index (χ1) is 14.8. The SMILES string of the molecule is COCCOc1cc(F)c(C2(O)CCN(C3=NC4=CN(C)CN4C(=O)N3)CC2)c(F)c1. The topological polar surface area (TPSA) is 89.9 Å². The number of carbonyl (C=O) groups excluding carboxylic acids is 1. The molecular formula is C20H25F2N5O4. The molecule has 0 aromatic heterocycles. The Hall–Kier alpha value is -2.92. The summed E-state index contributed by atoms with van der Waals surface area (Å²) in [5.41, 5.74) is -2.04. The first-order valence-electron chi connectivity index (χ1n) is 9.98. The first-order valence-corrected chi connectivity index (χ1v) is 9.98. The molecule has 168 valence electrons. The maximum atomic E-state index is 14.7. The highest BCUT2D eigenvalue weighted by atomic mass is 19.1. The number of nitrogens with one attached hydrogen (secondary N) is 1. The number of amides is 2. The van der Waals surface area contributed by atoms with E-state index in [0.29, 0.717) is 18.4 Å². The van der Waals surface area contributed by atoms with Crippen LogP contribution in [0.25, 0.3) is 0 Å². The van der Waals surface area contributed by atoms with E-state index in [1.807, 2.05) is 11.9 Å². The quantitative estimate of drug-likeness (QED) is 0.677. The van der Waals surface area contributed by atoms with E-state index in [4.69, 9.17) is 9.47 Å². The number of halogens is 2. The number of methoxy groups -OCH3 is 1. The van der Waals surface area contributed by atoms with Crippen LogP contribution in [-0.4, -0.2) is 78.9 Å². The van der Waals surface area contributed by atoms with Crippen LogP contribution in [-0.2, 0) is 10.3 Å². The zero-order chi connectivity index (χ0) is 22.2. The molecule has 11 heteroatoms. The lowest BCUT2D eigenvalue weighted by atomic mass is 9.83. The van der Waals surface area contributed by atoms with Gasteiger partial charge in [0.05, 0.1) is 17.8 Å². The molecular weight excluding hydrogens is 412 g/mol. The highest BCUT2D eigenvalue weighted by Crippen LogP contribution is 2.38. The number of hydrogen-bond donors (Lipinski definition) is 2. The van der Waals surface area contributed by atoms with Crippen molar-refractivity contribution in [2.45, 2.75) is 18.4 Å². The van der Waals surface area contributed by atoms with Gasteiger partial charge < -0.3 is 24.4 Å². The second-order valence-electron chi connectivity index (χ2n) is 7.80. The van der Waals surface area contributed by atoms with Gasteiger partial charge in [-0.05, 0) is 12.8 Å². The van der Waals surface area contributed by atoms with E-state index in [0.717, 1.165) is 12.1 Å². The summed E-state index contributed by atoms with van der Waals surface area (Å²) in [6.45, 7) is 1.40. The molecule has 3 heterocycles. The van der Waals surface area contributed by atoms with Crippen LogP contribution in [0.3, 0.4) is 0 Å². The molecule has 9 nitrogen and oxygen atoms in total. The van der Waals surface area contributed by atoms with Crippen molar-refractivity contribution in [3.05, 3.63) is 41.4 Å². The predicted octanol–water partition coefficient (Wildman–Crippen LogP) is 1.36. The van der Waals surface area contributed by atoms with Crippen molar-refractivity contribution in [3.63, 3.8) is 0 Å². The van der Waals surface area contributed by atoms with Crippen LogP contribution in [0.5, 0.6) is 5.75 Å². The van der Waals surface area contributed by atoms with Crippen LogP contribution in [0.4, 0.5) is 13.6 Å². The highest BCUT2D eigenvalue weighted by Gasteiger charge is 2.41. The van der Waals surface area contributed by atoms with E-state index >= 15 is 0 Å². The number of ether oxygens (including phenoxy) is 2. The summed E-state index contributed by atoms with van der Waals surface area (Å²) >= 11 is 0. The number of benzene rings is 1. The Labute approximate surface area is 178 Å². The molecule has 3 aliphatic heterocycles. The molecule has 0 unspecified atom stereocenters. The molecule has 0 aliphatic carbocycles. The first kappa shape index (κ1) is 21.3. The van der Waals surface area contributed by atoms with Crippen molar-refractivity contribution in [2.24, 2.45) is 4.99 Å². The van der Waals surface area contributed by atoms with Gasteiger partial charge in [0.1, 0.15) is 30.7 Å². The van der Waals surface area contributed by atoms with E-state index in [1.54, 1.807) is 11.1 Å². The fraction of sp³-hybridized carbons (Fsp3) is 0.500. The maximum Gasteiger partial charge on any atom is 0.331 e. The molecule has 0 saturated carbocycles. The van der Waals surface area contributed by atoms with Crippen molar-refractivity contribution in [3.8, 4) is 5.75 Å². The average molecular weight is 437 g/mol. The van der Waals surface area contributed by atoms with E-state index in [1.165, 1.54) is 12.0 Å². The number of urea groups is 1. The summed E-state index contributed by atoms with van der Waals surface area (Å²) in [5, 5.41) is 13.8. The van der Waals surface area contributed by atoms with Gasteiger partial charge in [-0.3, -0.25) is 10.2 Å². The Morgan fingerprint density at radius 1 is 1.23 bits per heavy atom. The van der Waals surface area contributed by atoms with Gasteiger partial charge in [-0.25, -0.2) is 13.6 Å². The number of aliphatic hydroxyl groups is 1. The molecule has 2 amide bonds. The number of carbonyl (C=O) groups is 1. The molecule has 0 bridgehead atoms. The predicted molar refractivity (Wildman–Crippen MR) is 107 cm³/mol. The fourth-order valence-corrected chi connectivity index (χ4v) is 3.97. The minimum absolute atomic E-state index is 0.0375. The smallest absolute Gasteiger partial charge is 0.331 e. The third kappa shape index (κ3) is 4.15. The number of aliphatic imine (C=N–C) groups is 1. The van der Waals surface area contributed by atoms with Gasteiger partial charge in [0.25, 0.3) is 0 Å². The summed E-state index contributed by atoms with van der Waals surface area (Å²) in [6.07, 6.45) is 1.91. The van der Waals surface area contributed by atoms with Gasteiger partial charge in [0.15, 0.2) is 5.82 Å². The minimum Gasteiger partial charge on any atom is -0.491 e. The Balaban J connectivity index is 1.47. The fourth-order valence-electron chi connectivity index (χ4n) is 3.97. The van der Waals surface area contributed by atoms with Gasteiger partial charge in [-0.1, -0.05) is 0 Å². The summed E-state index contributed by atoms with van der Waals surface area (Å²) in [5.74, 6) is -0.783. The summed E-state index contributed by atoms with van der Waals surface area (Å²) in [6, 6.07) is 1.85. The standard InChI is InChI=1S/C20H25F2N5O4/c1-25-11-16-23-18(24-19(28)27(16)12-25)26-5-3-20(29,4-6-26)17-14(21)9-13(10-15(17)22)31-8-7-30-2/h9-11,29H,3-8,12H2,1-2H3,(H,23,24,28). The van der Waals surface area contributed by atoms with Crippen LogP contribution >= 0.6 is 0 Å².